The van der Waals surface area contributed by atoms with E-state index < -0.39 is 0 Å². The number of hydrogen-bond acceptors (Lipinski definition) is 5. The average Bonchev–Trinajstić information content (AvgIpc) is 2.57. The maximum absolute atomic E-state index is 12.5. The van der Waals surface area contributed by atoms with Crippen LogP contribution in [0, 0.1) is 5.92 Å². The van der Waals surface area contributed by atoms with E-state index in [0.717, 1.165) is 19.1 Å². The van der Waals surface area contributed by atoms with Gasteiger partial charge in [-0.25, -0.2) is 0 Å². The molecule has 2 N–H and O–H groups in total. The van der Waals surface area contributed by atoms with Gasteiger partial charge in [0, 0.05) is 18.7 Å². The molecule has 6 heteroatoms. The molecule has 1 unspecified atom stereocenters. The van der Waals surface area contributed by atoms with Gasteiger partial charge in [-0.1, -0.05) is 12.2 Å². The van der Waals surface area contributed by atoms with Gasteiger partial charge in [-0.05, 0) is 45.5 Å². The normalized spacial score (nSPS) is 21.0. The molecule has 0 spiro atoms. The summed E-state index contributed by atoms with van der Waals surface area (Å²) in [5.41, 5.74) is 1.39. The Morgan fingerprint density at radius 3 is 2.83 bits per heavy atom. The minimum atomic E-state index is -0.333. The number of carbonyl (C=O) groups is 2. The van der Waals surface area contributed by atoms with Crippen molar-refractivity contribution in [1.82, 2.24) is 10.2 Å². The number of aliphatic hydroxyl groups is 1. The minimum absolute atomic E-state index is 0.0144. The lowest BCUT2D eigenvalue weighted by molar-refractivity contribution is -0.116. The molecular formula is C18H23N3O3. The highest BCUT2D eigenvalue weighted by Gasteiger charge is 2.21. The van der Waals surface area contributed by atoms with E-state index in [4.69, 9.17) is 0 Å². The molecule has 1 amide bonds. The van der Waals surface area contributed by atoms with Crippen molar-refractivity contribution in [1.29, 1.82) is 0 Å². The Hall–Kier alpha value is -2.47. The highest BCUT2D eigenvalue weighted by atomic mass is 16.3. The zero-order valence-electron chi connectivity index (χ0n) is 14.0. The van der Waals surface area contributed by atoms with Gasteiger partial charge < -0.3 is 20.1 Å². The predicted molar refractivity (Wildman–Crippen MR) is 93.6 cm³/mol. The number of carbonyl (C=O) groups excluding carboxylic acids is 2. The zero-order valence-corrected chi connectivity index (χ0v) is 14.0. The molecule has 2 aliphatic rings. The van der Waals surface area contributed by atoms with Crippen LogP contribution < -0.4 is 5.32 Å². The van der Waals surface area contributed by atoms with Crippen LogP contribution in [0.1, 0.15) is 19.3 Å². The van der Waals surface area contributed by atoms with Gasteiger partial charge in [0.2, 0.25) is 0 Å². The van der Waals surface area contributed by atoms with Crippen molar-refractivity contribution in [3.05, 3.63) is 47.0 Å². The fourth-order valence-electron chi connectivity index (χ4n) is 2.41. The number of aliphatic imine (C=N–C) groups is 1. The van der Waals surface area contributed by atoms with Crippen molar-refractivity contribution in [2.75, 3.05) is 20.6 Å². The Balaban J connectivity index is 2.10. The lowest BCUT2D eigenvalue weighted by Crippen LogP contribution is -2.28. The quantitative estimate of drug-likeness (QED) is 0.576. The first kappa shape index (κ1) is 17.9. The molecule has 24 heavy (non-hydrogen) atoms. The molecule has 0 aromatic rings. The van der Waals surface area contributed by atoms with Crippen LogP contribution in [0.2, 0.25) is 0 Å². The number of nitrogens with one attached hydrogen (secondary N) is 1. The second-order valence-electron chi connectivity index (χ2n) is 6.02. The van der Waals surface area contributed by atoms with Crippen LogP contribution in [-0.4, -0.2) is 49.1 Å². The van der Waals surface area contributed by atoms with Gasteiger partial charge in [0.05, 0.1) is 17.0 Å². The predicted octanol–water partition coefficient (Wildman–Crippen LogP) is 1.88. The van der Waals surface area contributed by atoms with E-state index >= 15 is 0 Å². The molecule has 0 radical (unpaired) electrons. The second kappa shape index (κ2) is 8.40. The van der Waals surface area contributed by atoms with Crippen molar-refractivity contribution in [2.45, 2.75) is 19.3 Å². The largest absolute Gasteiger partial charge is 0.506 e. The fourth-order valence-corrected chi connectivity index (χ4v) is 2.41. The lowest BCUT2D eigenvalue weighted by Gasteiger charge is -2.18. The van der Waals surface area contributed by atoms with E-state index in [0.29, 0.717) is 24.2 Å². The standard InChI is InChI=1S/C18H23N3O3/c1-21(2)10-9-19-15-6-4-3-5-14(15)18(24)20-16-11-13(12-22)7-8-17(16)23/h5-6,8-9,11-13,23H,3-4,7,10H2,1-2H3,(H,20,24)/b19-9+. The average molecular weight is 329 g/mol. The van der Waals surface area contributed by atoms with Gasteiger partial charge in [-0.15, -0.1) is 0 Å². The Bertz CT molecular complexity index is 654. The molecule has 0 aliphatic heterocycles. The molecular weight excluding hydrogens is 306 g/mol. The summed E-state index contributed by atoms with van der Waals surface area (Å²) in [6.45, 7) is 0.682. The Labute approximate surface area is 141 Å². The van der Waals surface area contributed by atoms with Crippen molar-refractivity contribution in [3.63, 3.8) is 0 Å². The van der Waals surface area contributed by atoms with Gasteiger partial charge in [-0.3, -0.25) is 9.79 Å². The third-order valence-electron chi connectivity index (χ3n) is 3.71. The van der Waals surface area contributed by atoms with Crippen LogP contribution >= 0.6 is 0 Å². The van der Waals surface area contributed by atoms with Crippen molar-refractivity contribution in [2.24, 2.45) is 10.9 Å². The van der Waals surface area contributed by atoms with E-state index in [1.807, 2.05) is 31.1 Å². The molecule has 2 aliphatic carbocycles. The number of aldehydes is 1. The van der Waals surface area contributed by atoms with Crippen LogP contribution in [-0.2, 0) is 9.59 Å². The molecule has 0 fully saturated rings. The van der Waals surface area contributed by atoms with Gasteiger partial charge in [0.15, 0.2) is 0 Å². The summed E-state index contributed by atoms with van der Waals surface area (Å²) in [4.78, 5) is 29.8. The van der Waals surface area contributed by atoms with Gasteiger partial charge in [0.25, 0.3) is 5.91 Å². The Kier molecular flexibility index (Phi) is 6.26. The smallest absolute Gasteiger partial charge is 0.257 e. The summed E-state index contributed by atoms with van der Waals surface area (Å²) in [5, 5.41) is 12.6. The fraction of sp³-hybridized carbons (Fsp3) is 0.389. The highest BCUT2D eigenvalue weighted by molar-refractivity contribution is 5.99. The topological polar surface area (TPSA) is 82.0 Å². The second-order valence-corrected chi connectivity index (χ2v) is 6.02. The molecule has 0 bridgehead atoms. The number of nitrogens with zero attached hydrogens (tertiary/aromatic N) is 2. The Morgan fingerprint density at radius 2 is 2.12 bits per heavy atom. The summed E-state index contributed by atoms with van der Waals surface area (Å²) in [6, 6.07) is 0. The lowest BCUT2D eigenvalue weighted by atomic mass is 9.98. The summed E-state index contributed by atoms with van der Waals surface area (Å²) in [7, 11) is 3.89. The summed E-state index contributed by atoms with van der Waals surface area (Å²) < 4.78 is 0. The van der Waals surface area contributed by atoms with Gasteiger partial charge >= 0.3 is 0 Å². The maximum atomic E-state index is 12.5. The van der Waals surface area contributed by atoms with E-state index in [1.165, 1.54) is 6.08 Å². The highest BCUT2D eigenvalue weighted by Crippen LogP contribution is 2.22. The first-order chi connectivity index (χ1) is 11.5. The first-order valence-electron chi connectivity index (χ1n) is 7.97. The third kappa shape index (κ3) is 4.76. The van der Waals surface area contributed by atoms with Crippen LogP contribution in [0.5, 0.6) is 0 Å². The minimum Gasteiger partial charge on any atom is -0.506 e. The van der Waals surface area contributed by atoms with Crippen LogP contribution in [0.25, 0.3) is 0 Å². The molecule has 2 rings (SSSR count). The van der Waals surface area contributed by atoms with Crippen LogP contribution in [0.3, 0.4) is 0 Å². The van der Waals surface area contributed by atoms with E-state index in [1.54, 1.807) is 12.3 Å². The van der Waals surface area contributed by atoms with Crippen LogP contribution in [0.15, 0.2) is 52.0 Å². The first-order valence-corrected chi connectivity index (χ1v) is 7.97. The van der Waals surface area contributed by atoms with Crippen LogP contribution in [0.4, 0.5) is 0 Å². The van der Waals surface area contributed by atoms with E-state index in [9.17, 15) is 14.7 Å². The molecule has 0 saturated heterocycles. The Morgan fingerprint density at radius 1 is 1.38 bits per heavy atom. The molecule has 0 aromatic carbocycles. The molecule has 0 aromatic heterocycles. The summed E-state index contributed by atoms with van der Waals surface area (Å²) in [5.74, 6) is -0.676. The van der Waals surface area contributed by atoms with Crippen molar-refractivity contribution < 1.29 is 14.7 Å². The zero-order chi connectivity index (χ0) is 17.5. The molecule has 0 saturated carbocycles. The molecule has 1 atom stereocenters. The van der Waals surface area contributed by atoms with Crippen molar-refractivity contribution in [3.8, 4) is 0 Å². The number of hydrogen-bond donors (Lipinski definition) is 2. The monoisotopic (exact) mass is 329 g/mol. The van der Waals surface area contributed by atoms with E-state index in [2.05, 4.69) is 10.3 Å². The molecule has 0 heterocycles. The molecule has 6 nitrogen and oxygen atoms in total. The third-order valence-corrected chi connectivity index (χ3v) is 3.71. The summed E-state index contributed by atoms with van der Waals surface area (Å²) in [6.07, 6.45) is 11.5. The molecule has 128 valence electrons. The van der Waals surface area contributed by atoms with Gasteiger partial charge in [0.1, 0.15) is 12.0 Å². The number of amides is 1. The van der Waals surface area contributed by atoms with Gasteiger partial charge in [-0.2, -0.15) is 0 Å². The SMILES string of the molecule is CN(C)C/C=N/C1=CCCC=C1C(=O)NC1=CC(C=O)CC=C1O. The number of rotatable bonds is 6. The number of aliphatic hydroxyl groups excluding tert-OH is 1. The maximum Gasteiger partial charge on any atom is 0.257 e. The van der Waals surface area contributed by atoms with E-state index in [-0.39, 0.29) is 23.3 Å². The van der Waals surface area contributed by atoms with Crippen molar-refractivity contribution >= 4 is 18.4 Å². The number of allylic oxidation sites excluding steroid dienone is 4. The summed E-state index contributed by atoms with van der Waals surface area (Å²) >= 11 is 0.